The Morgan fingerprint density at radius 2 is 1.86 bits per heavy atom. The minimum atomic E-state index is -0.0265. The van der Waals surface area contributed by atoms with Crippen LogP contribution >= 0.6 is 0 Å². The van der Waals surface area contributed by atoms with Crippen LogP contribution in [0.4, 0.5) is 11.8 Å². The highest BCUT2D eigenvalue weighted by Crippen LogP contribution is 2.28. The van der Waals surface area contributed by atoms with Gasteiger partial charge in [0.15, 0.2) is 11.3 Å². The van der Waals surface area contributed by atoms with E-state index in [1.165, 1.54) is 0 Å². The van der Waals surface area contributed by atoms with E-state index >= 15 is 0 Å². The molecule has 1 saturated heterocycles. The van der Waals surface area contributed by atoms with E-state index in [0.717, 1.165) is 33.9 Å². The third-order valence-corrected chi connectivity index (χ3v) is 6.88. The fourth-order valence-electron chi connectivity index (χ4n) is 4.41. The second kappa shape index (κ2) is 9.48. The predicted octanol–water partition coefficient (Wildman–Crippen LogP) is 4.19. The van der Waals surface area contributed by atoms with Gasteiger partial charge >= 0.3 is 0 Å². The largest absolute Gasteiger partial charge is 0.361 e. The van der Waals surface area contributed by atoms with Crippen molar-refractivity contribution in [1.82, 2.24) is 29.6 Å². The fraction of sp³-hybridized carbons (Fsp3) is 0.423. The first kappa shape index (κ1) is 23.0. The van der Waals surface area contributed by atoms with Crippen LogP contribution in [0.15, 0.2) is 42.7 Å². The number of para-hydroxylation sites is 1. The number of aromatic nitrogens is 5. The highest BCUT2D eigenvalue weighted by atomic mass is 16.2. The van der Waals surface area contributed by atoms with Crippen molar-refractivity contribution >= 4 is 39.6 Å². The summed E-state index contributed by atoms with van der Waals surface area (Å²) in [5, 5.41) is 9.54. The summed E-state index contributed by atoms with van der Waals surface area (Å²) in [6.45, 7) is 10.8. The Bertz CT molecular complexity index is 1360. The Labute approximate surface area is 205 Å². The topological polar surface area (TPSA) is 92.1 Å². The van der Waals surface area contributed by atoms with Crippen molar-refractivity contribution in [2.75, 3.05) is 36.4 Å². The van der Waals surface area contributed by atoms with Crippen LogP contribution in [0.1, 0.15) is 51.8 Å². The van der Waals surface area contributed by atoms with E-state index in [0.29, 0.717) is 37.9 Å². The Morgan fingerprint density at radius 1 is 1.09 bits per heavy atom. The molecule has 0 saturated carbocycles. The number of rotatable bonds is 6. The predicted molar refractivity (Wildman–Crippen MR) is 139 cm³/mol. The number of pyridine rings is 1. The summed E-state index contributed by atoms with van der Waals surface area (Å²) in [4.78, 5) is 30.2. The lowest BCUT2D eigenvalue weighted by molar-refractivity contribution is -0.129. The maximum Gasteiger partial charge on any atom is 0.228 e. The first-order chi connectivity index (χ1) is 16.9. The molecule has 0 radical (unpaired) electrons. The van der Waals surface area contributed by atoms with Crippen molar-refractivity contribution < 1.29 is 4.79 Å². The van der Waals surface area contributed by atoms with Crippen molar-refractivity contribution in [2.45, 2.75) is 46.2 Å². The third kappa shape index (κ3) is 4.62. The molecule has 0 bridgehead atoms. The number of benzene rings is 1. The molecule has 35 heavy (non-hydrogen) atoms. The lowest BCUT2D eigenvalue weighted by atomic mass is 10.1. The molecule has 5 rings (SSSR count). The van der Waals surface area contributed by atoms with Crippen LogP contribution in [-0.2, 0) is 4.79 Å². The van der Waals surface area contributed by atoms with Gasteiger partial charge in [-0.3, -0.25) is 14.5 Å². The Balaban J connectivity index is 1.49. The van der Waals surface area contributed by atoms with Gasteiger partial charge < -0.3 is 15.1 Å². The summed E-state index contributed by atoms with van der Waals surface area (Å²) in [6, 6.07) is 10.5. The summed E-state index contributed by atoms with van der Waals surface area (Å²) in [7, 11) is 0. The second-order valence-corrected chi connectivity index (χ2v) is 9.29. The number of piperazine rings is 1. The van der Waals surface area contributed by atoms with Gasteiger partial charge in [0, 0.05) is 50.7 Å². The number of amides is 1. The molecule has 1 aliphatic rings. The Kier molecular flexibility index (Phi) is 6.23. The minimum absolute atomic E-state index is 0.0265. The van der Waals surface area contributed by atoms with Crippen LogP contribution in [-0.4, -0.2) is 61.7 Å². The minimum Gasteiger partial charge on any atom is -0.361 e. The maximum atomic E-state index is 11.8. The third-order valence-electron chi connectivity index (χ3n) is 6.88. The van der Waals surface area contributed by atoms with Crippen molar-refractivity contribution in [3.8, 4) is 0 Å². The smallest absolute Gasteiger partial charge is 0.228 e. The molecular formula is C26H32N8O. The van der Waals surface area contributed by atoms with Gasteiger partial charge in [0.25, 0.3) is 0 Å². The molecule has 9 nitrogen and oxygen atoms in total. The van der Waals surface area contributed by atoms with Gasteiger partial charge in [-0.15, -0.1) is 0 Å². The Morgan fingerprint density at radius 3 is 2.60 bits per heavy atom. The summed E-state index contributed by atoms with van der Waals surface area (Å²) in [6.07, 6.45) is 4.90. The molecule has 1 amide bonds. The van der Waals surface area contributed by atoms with Gasteiger partial charge in [0.05, 0.1) is 17.8 Å². The molecular weight excluding hydrogens is 440 g/mol. The number of nitrogens with zero attached hydrogens (tertiary/aromatic N) is 7. The molecule has 1 fully saturated rings. The van der Waals surface area contributed by atoms with E-state index in [9.17, 15) is 4.79 Å². The standard InChI is InChI=1S/C26H32N8O/c1-5-17(2)34-16-23-24(31-34)25(30-26(29-23)33-12-10-32(11-13-33)19(4)35)28-18(3)21-14-20-8-6-7-9-22(20)27-15-21/h6-9,14-18H,5,10-13H2,1-4H3,(H,28,29,30)/t17?,18-/m1/s1. The van der Waals surface area contributed by atoms with Crippen LogP contribution in [0, 0.1) is 0 Å². The molecule has 4 heterocycles. The van der Waals surface area contributed by atoms with Gasteiger partial charge in [0.2, 0.25) is 11.9 Å². The number of hydrogen-bond donors (Lipinski definition) is 1. The second-order valence-electron chi connectivity index (χ2n) is 9.29. The normalized spacial score (nSPS) is 16.0. The molecule has 4 aromatic rings. The molecule has 3 aromatic heterocycles. The zero-order chi connectivity index (χ0) is 24.5. The van der Waals surface area contributed by atoms with Crippen molar-refractivity contribution in [3.63, 3.8) is 0 Å². The van der Waals surface area contributed by atoms with Gasteiger partial charge in [-0.05, 0) is 38.0 Å². The number of nitrogens with one attached hydrogen (secondary N) is 1. The molecule has 0 spiro atoms. The van der Waals surface area contributed by atoms with Crippen LogP contribution in [0.3, 0.4) is 0 Å². The van der Waals surface area contributed by atoms with Gasteiger partial charge in [-0.1, -0.05) is 25.1 Å². The molecule has 1 unspecified atom stereocenters. The maximum absolute atomic E-state index is 11.8. The van der Waals surface area contributed by atoms with Gasteiger partial charge in [-0.25, -0.2) is 4.98 Å². The van der Waals surface area contributed by atoms with Crippen LogP contribution < -0.4 is 10.2 Å². The van der Waals surface area contributed by atoms with Crippen molar-refractivity contribution in [3.05, 3.63) is 48.3 Å². The van der Waals surface area contributed by atoms with Crippen LogP contribution in [0.2, 0.25) is 0 Å². The highest BCUT2D eigenvalue weighted by molar-refractivity contribution is 5.86. The summed E-state index contributed by atoms with van der Waals surface area (Å²) < 4.78 is 1.98. The van der Waals surface area contributed by atoms with Gasteiger partial charge in [0.1, 0.15) is 5.52 Å². The van der Waals surface area contributed by atoms with Crippen molar-refractivity contribution in [2.24, 2.45) is 0 Å². The summed E-state index contributed by atoms with van der Waals surface area (Å²) in [5.41, 5.74) is 3.63. The number of anilines is 2. The van der Waals surface area contributed by atoms with E-state index in [-0.39, 0.29) is 18.0 Å². The average molecular weight is 473 g/mol. The molecule has 1 aliphatic heterocycles. The number of carbonyl (C=O) groups is 1. The summed E-state index contributed by atoms with van der Waals surface area (Å²) in [5.74, 6) is 1.48. The van der Waals surface area contributed by atoms with E-state index in [1.807, 2.05) is 40.2 Å². The number of fused-ring (bicyclic) bond motifs is 2. The fourth-order valence-corrected chi connectivity index (χ4v) is 4.41. The number of hydrogen-bond acceptors (Lipinski definition) is 7. The first-order valence-electron chi connectivity index (χ1n) is 12.3. The first-order valence-corrected chi connectivity index (χ1v) is 12.3. The monoisotopic (exact) mass is 472 g/mol. The molecule has 1 aromatic carbocycles. The summed E-state index contributed by atoms with van der Waals surface area (Å²) >= 11 is 0. The van der Waals surface area contributed by atoms with E-state index in [2.05, 4.69) is 48.1 Å². The lowest BCUT2D eigenvalue weighted by Crippen LogP contribution is -2.48. The highest BCUT2D eigenvalue weighted by Gasteiger charge is 2.23. The molecule has 182 valence electrons. The zero-order valence-corrected chi connectivity index (χ0v) is 20.8. The van der Waals surface area contributed by atoms with E-state index < -0.39 is 0 Å². The van der Waals surface area contributed by atoms with Crippen LogP contribution in [0.25, 0.3) is 21.9 Å². The van der Waals surface area contributed by atoms with Crippen LogP contribution in [0.5, 0.6) is 0 Å². The lowest BCUT2D eigenvalue weighted by Gasteiger charge is -2.34. The van der Waals surface area contributed by atoms with Gasteiger partial charge in [-0.2, -0.15) is 10.1 Å². The molecule has 2 atom stereocenters. The Hall–Kier alpha value is -3.75. The van der Waals surface area contributed by atoms with E-state index in [4.69, 9.17) is 15.1 Å². The van der Waals surface area contributed by atoms with E-state index in [1.54, 1.807) is 6.92 Å². The molecule has 1 N–H and O–H groups in total. The molecule has 9 heteroatoms. The molecule has 0 aliphatic carbocycles. The average Bonchev–Trinajstić information content (AvgIpc) is 3.32. The van der Waals surface area contributed by atoms with Crippen molar-refractivity contribution in [1.29, 1.82) is 0 Å². The zero-order valence-electron chi connectivity index (χ0n) is 20.8. The quantitative estimate of drug-likeness (QED) is 0.450. The SMILES string of the molecule is CCC(C)n1cc2nc(N3CCN(C(C)=O)CC3)nc(N[C@H](C)c3cnc4ccccc4c3)c2n1. The number of carbonyl (C=O) groups excluding carboxylic acids is 1.